The Bertz CT molecular complexity index is 1130. The molecule has 0 atom stereocenters. The van der Waals surface area contributed by atoms with E-state index in [1.807, 2.05) is 24.3 Å². The number of hydrogen-bond acceptors (Lipinski definition) is 4. The van der Waals surface area contributed by atoms with Gasteiger partial charge in [0, 0.05) is 14.3 Å². The van der Waals surface area contributed by atoms with Gasteiger partial charge in [0.05, 0.1) is 32.2 Å². The molecule has 0 saturated heterocycles. The molecule has 0 spiro atoms. The maximum atomic E-state index is 13.0. The number of methoxy groups -OCH3 is 1. The minimum absolute atomic E-state index is 0.0396. The first-order valence-electron chi connectivity index (χ1n) is 7.88. The Hall–Kier alpha value is -1.20. The number of aromatic carboxylic acids is 1. The molecule has 0 fully saturated rings. The van der Waals surface area contributed by atoms with Crippen LogP contribution in [-0.2, 0) is 0 Å². The first kappa shape index (κ1) is 22.5. The van der Waals surface area contributed by atoms with Gasteiger partial charge in [-0.25, -0.2) is 4.79 Å². The van der Waals surface area contributed by atoms with Gasteiger partial charge >= 0.3 is 5.97 Å². The van der Waals surface area contributed by atoms with Crippen molar-refractivity contribution in [3.63, 3.8) is 0 Å². The van der Waals surface area contributed by atoms with Crippen molar-refractivity contribution in [1.82, 2.24) is 0 Å². The molecule has 3 rings (SSSR count). The average molecular weight is 669 g/mol. The van der Waals surface area contributed by atoms with Gasteiger partial charge in [0.2, 0.25) is 0 Å². The number of carbonyl (C=O) groups excluding carboxylic acids is 1. The van der Waals surface area contributed by atoms with E-state index in [0.29, 0.717) is 24.0 Å². The van der Waals surface area contributed by atoms with Crippen molar-refractivity contribution in [1.29, 1.82) is 0 Å². The summed E-state index contributed by atoms with van der Waals surface area (Å²) in [7, 11) is 1.49. The van der Waals surface area contributed by atoms with Gasteiger partial charge in [-0.05, 0) is 71.6 Å². The normalized spacial score (nSPS) is 10.7. The summed E-state index contributed by atoms with van der Waals surface area (Å²) in [5, 5.41) is 14.1. The third kappa shape index (κ3) is 4.61. The van der Waals surface area contributed by atoms with Crippen molar-refractivity contribution < 1.29 is 19.4 Å². The summed E-state index contributed by atoms with van der Waals surface area (Å²) in [5.74, 6) is -1.14. The zero-order chi connectivity index (χ0) is 21.3. The predicted octanol–water partition coefficient (Wildman–Crippen LogP) is 7.42. The van der Waals surface area contributed by atoms with Gasteiger partial charge in [-0.3, -0.25) is 4.79 Å². The number of rotatable bonds is 5. The largest absolute Gasteiger partial charge is 0.494 e. The summed E-state index contributed by atoms with van der Waals surface area (Å²) < 4.78 is 7.78. The molecule has 0 aliphatic heterocycles. The van der Waals surface area contributed by atoms with Crippen molar-refractivity contribution in [2.24, 2.45) is 0 Å². The van der Waals surface area contributed by atoms with E-state index in [1.54, 1.807) is 11.4 Å². The van der Waals surface area contributed by atoms with Crippen LogP contribution in [-0.4, -0.2) is 24.1 Å². The van der Waals surface area contributed by atoms with Crippen LogP contribution in [0.4, 0.5) is 5.69 Å². The SMILES string of the molecule is COc1c(Br)cc(Br)c(C(=O)Nc2csc(-c3cccc(Br)c3)c2C(=O)O)c1Br. The summed E-state index contributed by atoms with van der Waals surface area (Å²) in [4.78, 5) is 25.5. The monoisotopic (exact) mass is 665 g/mol. The second kappa shape index (κ2) is 9.30. The lowest BCUT2D eigenvalue weighted by Crippen LogP contribution is -2.15. The number of amides is 1. The maximum Gasteiger partial charge on any atom is 0.339 e. The van der Waals surface area contributed by atoms with Gasteiger partial charge in [0.15, 0.2) is 0 Å². The number of carbonyl (C=O) groups is 2. The minimum atomic E-state index is -1.12. The third-order valence-corrected chi connectivity index (χ3v) is 7.39. The summed E-state index contributed by atoms with van der Waals surface area (Å²) >= 11 is 14.8. The van der Waals surface area contributed by atoms with Crippen LogP contribution in [0.5, 0.6) is 5.75 Å². The van der Waals surface area contributed by atoms with Gasteiger partial charge in [-0.2, -0.15) is 0 Å². The van der Waals surface area contributed by atoms with Crippen LogP contribution in [0.25, 0.3) is 10.4 Å². The van der Waals surface area contributed by atoms with Gasteiger partial charge in [0.25, 0.3) is 5.91 Å². The Balaban J connectivity index is 2.04. The fraction of sp³-hybridized carbons (Fsp3) is 0.0526. The van der Waals surface area contributed by atoms with Crippen LogP contribution in [0.1, 0.15) is 20.7 Å². The van der Waals surface area contributed by atoms with Crippen LogP contribution in [0.15, 0.2) is 53.6 Å². The van der Waals surface area contributed by atoms with Gasteiger partial charge in [-0.1, -0.05) is 28.1 Å². The number of carboxylic acids is 1. The molecule has 0 aliphatic rings. The predicted molar refractivity (Wildman–Crippen MR) is 128 cm³/mol. The van der Waals surface area contributed by atoms with Crippen molar-refractivity contribution >= 4 is 92.6 Å². The van der Waals surface area contributed by atoms with Gasteiger partial charge < -0.3 is 15.2 Å². The van der Waals surface area contributed by atoms with Crippen molar-refractivity contribution in [2.75, 3.05) is 12.4 Å². The van der Waals surface area contributed by atoms with Crippen LogP contribution < -0.4 is 10.1 Å². The fourth-order valence-electron chi connectivity index (χ4n) is 2.66. The first-order valence-corrected chi connectivity index (χ1v) is 11.9. The minimum Gasteiger partial charge on any atom is -0.494 e. The molecule has 1 amide bonds. The van der Waals surface area contributed by atoms with E-state index < -0.39 is 11.9 Å². The number of nitrogens with one attached hydrogen (secondary N) is 1. The zero-order valence-corrected chi connectivity index (χ0v) is 21.7. The van der Waals surface area contributed by atoms with Crippen LogP contribution in [0.3, 0.4) is 0 Å². The van der Waals surface area contributed by atoms with Gasteiger partial charge in [0.1, 0.15) is 11.3 Å². The lowest BCUT2D eigenvalue weighted by molar-refractivity contribution is 0.0699. The highest BCUT2D eigenvalue weighted by Gasteiger charge is 2.25. The zero-order valence-electron chi connectivity index (χ0n) is 14.6. The van der Waals surface area contributed by atoms with Crippen LogP contribution >= 0.6 is 75.1 Å². The van der Waals surface area contributed by atoms with E-state index in [2.05, 4.69) is 69.0 Å². The van der Waals surface area contributed by atoms with E-state index >= 15 is 0 Å². The van der Waals surface area contributed by atoms with Crippen LogP contribution in [0, 0.1) is 0 Å². The number of carboxylic acid groups (broad SMARTS) is 1. The molecule has 10 heteroatoms. The van der Waals surface area contributed by atoms with E-state index in [4.69, 9.17) is 4.74 Å². The lowest BCUT2D eigenvalue weighted by atomic mass is 10.1. The summed E-state index contributed by atoms with van der Waals surface area (Å²) in [6.07, 6.45) is 0. The molecule has 0 aliphatic carbocycles. The first-order chi connectivity index (χ1) is 13.7. The van der Waals surface area contributed by atoms with Crippen molar-refractivity contribution in [3.8, 4) is 16.2 Å². The summed E-state index contributed by atoms with van der Waals surface area (Å²) in [5.41, 5.74) is 1.30. The average Bonchev–Trinajstić information content (AvgIpc) is 3.05. The Kier molecular flexibility index (Phi) is 7.21. The quantitative estimate of drug-likeness (QED) is 0.297. The fourth-order valence-corrected chi connectivity index (χ4v) is 6.85. The van der Waals surface area contributed by atoms with E-state index in [1.165, 1.54) is 18.4 Å². The van der Waals surface area contributed by atoms with E-state index in [0.717, 1.165) is 10.0 Å². The van der Waals surface area contributed by atoms with E-state index in [-0.39, 0.29) is 16.8 Å². The topological polar surface area (TPSA) is 75.6 Å². The molecule has 2 N–H and O–H groups in total. The standard InChI is InChI=1S/C19H11Br4NO4S/c1-28-16-11(22)6-10(21)13(15(16)23)18(25)24-12-7-29-17(14(12)19(26)27)8-3-2-4-9(20)5-8/h2-7H,1H3,(H,24,25)(H,26,27). The highest BCUT2D eigenvalue weighted by molar-refractivity contribution is 9.11. The molecule has 0 unspecified atom stereocenters. The van der Waals surface area contributed by atoms with Gasteiger partial charge in [-0.15, -0.1) is 11.3 Å². The molecule has 0 radical (unpaired) electrons. The molecule has 5 nitrogen and oxygen atoms in total. The third-order valence-electron chi connectivity index (χ3n) is 3.90. The number of anilines is 1. The Labute approximate surface area is 204 Å². The molecule has 1 aromatic heterocycles. The molecule has 29 heavy (non-hydrogen) atoms. The molecule has 0 saturated carbocycles. The smallest absolute Gasteiger partial charge is 0.339 e. The number of hydrogen-bond donors (Lipinski definition) is 2. The molecule has 1 heterocycles. The lowest BCUT2D eigenvalue weighted by Gasteiger charge is -2.13. The summed E-state index contributed by atoms with van der Waals surface area (Å²) in [6, 6.07) is 9.02. The number of ether oxygens (including phenoxy) is 1. The molecular formula is C19H11Br4NO4S. The number of halogens is 4. The summed E-state index contributed by atoms with van der Waals surface area (Å²) in [6.45, 7) is 0. The molecule has 150 valence electrons. The molecule has 0 bridgehead atoms. The van der Waals surface area contributed by atoms with Crippen molar-refractivity contribution in [3.05, 3.63) is 64.7 Å². The molecular weight excluding hydrogens is 658 g/mol. The van der Waals surface area contributed by atoms with Crippen molar-refractivity contribution in [2.45, 2.75) is 0 Å². The Morgan fingerprint density at radius 1 is 1.07 bits per heavy atom. The highest BCUT2D eigenvalue weighted by atomic mass is 79.9. The maximum absolute atomic E-state index is 13.0. The molecule has 3 aromatic rings. The van der Waals surface area contributed by atoms with Crippen LogP contribution in [0.2, 0.25) is 0 Å². The Morgan fingerprint density at radius 2 is 1.79 bits per heavy atom. The number of benzene rings is 2. The number of thiophene rings is 1. The van der Waals surface area contributed by atoms with E-state index in [9.17, 15) is 14.7 Å². The Morgan fingerprint density at radius 3 is 2.41 bits per heavy atom. The second-order valence-corrected chi connectivity index (χ2v) is 9.98. The molecule has 2 aromatic carbocycles. The second-order valence-electron chi connectivity index (χ2n) is 5.69. The highest BCUT2D eigenvalue weighted by Crippen LogP contribution is 2.41.